The van der Waals surface area contributed by atoms with Gasteiger partial charge in [-0.1, -0.05) is 13.8 Å². The second kappa shape index (κ2) is 3.44. The molecule has 0 spiro atoms. The van der Waals surface area contributed by atoms with Crippen LogP contribution in [0.4, 0.5) is 0 Å². The molecule has 0 bridgehead atoms. The van der Waals surface area contributed by atoms with Crippen LogP contribution in [0.1, 0.15) is 25.6 Å². The zero-order chi connectivity index (χ0) is 9.35. The molecule has 0 aromatic carbocycles. The molecule has 1 aromatic heterocycles. The third-order valence-electron chi connectivity index (χ3n) is 2.11. The zero-order valence-corrected chi connectivity index (χ0v) is 9.74. The number of aliphatic hydroxyl groups is 1. The molecule has 1 unspecified atom stereocenters. The fraction of sp³-hybridized carbons (Fsp3) is 0.625. The van der Waals surface area contributed by atoms with E-state index in [1.807, 2.05) is 20.8 Å². The second-order valence-electron chi connectivity index (χ2n) is 3.27. The molecule has 68 valence electrons. The van der Waals surface area contributed by atoms with Gasteiger partial charge in [-0.25, -0.2) is 4.98 Å². The lowest BCUT2D eigenvalue weighted by Crippen LogP contribution is -2.27. The number of hydrogen-bond acceptors (Lipinski definition) is 3. The molecule has 0 aliphatic rings. The van der Waals surface area contributed by atoms with E-state index in [1.165, 1.54) is 11.3 Å². The van der Waals surface area contributed by atoms with E-state index in [2.05, 4.69) is 20.9 Å². The van der Waals surface area contributed by atoms with Gasteiger partial charge in [0.05, 0.1) is 10.4 Å². The van der Waals surface area contributed by atoms with Crippen molar-refractivity contribution < 1.29 is 5.11 Å². The maximum absolute atomic E-state index is 10.1. The smallest absolute Gasteiger partial charge is 0.123 e. The largest absolute Gasteiger partial charge is 0.384 e. The highest BCUT2D eigenvalue weighted by atomic mass is 79.9. The van der Waals surface area contributed by atoms with Gasteiger partial charge in [-0.15, -0.1) is 11.3 Å². The molecule has 0 saturated heterocycles. The van der Waals surface area contributed by atoms with Gasteiger partial charge in [0.1, 0.15) is 10.2 Å². The van der Waals surface area contributed by atoms with Gasteiger partial charge in [0, 0.05) is 0 Å². The Morgan fingerprint density at radius 1 is 1.67 bits per heavy atom. The van der Waals surface area contributed by atoms with Crippen molar-refractivity contribution in [3.05, 3.63) is 15.0 Å². The summed E-state index contributed by atoms with van der Waals surface area (Å²) in [7, 11) is 0. The Morgan fingerprint density at radius 3 is 2.58 bits per heavy atom. The first-order valence-corrected chi connectivity index (χ1v) is 5.45. The lowest BCUT2D eigenvalue weighted by Gasteiger charge is -2.26. The predicted molar refractivity (Wildman–Crippen MR) is 54.2 cm³/mol. The van der Waals surface area contributed by atoms with Crippen LogP contribution in [-0.2, 0) is 5.60 Å². The van der Waals surface area contributed by atoms with Gasteiger partial charge in [-0.05, 0) is 28.8 Å². The topological polar surface area (TPSA) is 33.1 Å². The lowest BCUT2D eigenvalue weighted by molar-refractivity contribution is 0.0118. The molecular weight excluding hydrogens is 238 g/mol. The molecule has 1 N–H and O–H groups in total. The first kappa shape index (κ1) is 10.2. The molecule has 0 aliphatic carbocycles. The minimum Gasteiger partial charge on any atom is -0.384 e. The Bertz CT molecular complexity index is 270. The van der Waals surface area contributed by atoms with Crippen molar-refractivity contribution in [2.45, 2.75) is 26.4 Å². The number of aromatic nitrogens is 1. The molecule has 0 aliphatic heterocycles. The summed E-state index contributed by atoms with van der Waals surface area (Å²) in [5.41, 5.74) is 0.955. The predicted octanol–water partition coefficient (Wildman–Crippen LogP) is 2.77. The van der Waals surface area contributed by atoms with Gasteiger partial charge in [0.2, 0.25) is 0 Å². The Kier molecular flexibility index (Phi) is 2.91. The molecular formula is C8H12BrNOS. The van der Waals surface area contributed by atoms with Crippen LogP contribution in [0, 0.1) is 5.92 Å². The summed E-state index contributed by atoms with van der Waals surface area (Å²) in [4.78, 5) is 4.94. The number of thiazole rings is 1. The summed E-state index contributed by atoms with van der Waals surface area (Å²) in [6, 6.07) is 0. The number of nitrogens with zero attached hydrogens (tertiary/aromatic N) is 1. The standard InChI is InChI=1S/C8H12BrNOS/c1-5(2)8(3,11)6-7(9)10-4-12-6/h4-5,11H,1-3H3. The Morgan fingerprint density at radius 2 is 2.25 bits per heavy atom. The average Bonchev–Trinajstić information content (AvgIpc) is 2.35. The van der Waals surface area contributed by atoms with Gasteiger partial charge in [0.15, 0.2) is 0 Å². The van der Waals surface area contributed by atoms with Crippen LogP contribution in [-0.4, -0.2) is 10.1 Å². The van der Waals surface area contributed by atoms with Crippen LogP contribution in [0.2, 0.25) is 0 Å². The van der Waals surface area contributed by atoms with Crippen molar-refractivity contribution in [2.24, 2.45) is 5.92 Å². The molecule has 2 nitrogen and oxygen atoms in total. The fourth-order valence-corrected chi connectivity index (χ4v) is 2.63. The highest BCUT2D eigenvalue weighted by molar-refractivity contribution is 9.10. The lowest BCUT2D eigenvalue weighted by atomic mass is 9.91. The van der Waals surface area contributed by atoms with Crippen molar-refractivity contribution in [2.75, 3.05) is 0 Å². The minimum absolute atomic E-state index is 0.189. The SMILES string of the molecule is CC(C)C(C)(O)c1scnc1Br. The number of halogens is 1. The van der Waals surface area contributed by atoms with E-state index in [9.17, 15) is 5.11 Å². The number of hydrogen-bond donors (Lipinski definition) is 1. The minimum atomic E-state index is -0.778. The van der Waals surface area contributed by atoms with E-state index in [0.29, 0.717) is 0 Å². The first-order valence-electron chi connectivity index (χ1n) is 3.78. The maximum Gasteiger partial charge on any atom is 0.123 e. The molecule has 0 radical (unpaired) electrons. The Balaban J connectivity index is 3.05. The average molecular weight is 250 g/mol. The van der Waals surface area contributed by atoms with Crippen molar-refractivity contribution in [3.63, 3.8) is 0 Å². The van der Waals surface area contributed by atoms with Crippen LogP contribution in [0.15, 0.2) is 10.1 Å². The molecule has 12 heavy (non-hydrogen) atoms. The van der Waals surface area contributed by atoms with Crippen LogP contribution >= 0.6 is 27.3 Å². The van der Waals surface area contributed by atoms with E-state index >= 15 is 0 Å². The van der Waals surface area contributed by atoms with Crippen LogP contribution in [0.3, 0.4) is 0 Å². The summed E-state index contributed by atoms with van der Waals surface area (Å²) in [5.74, 6) is 0.189. The summed E-state index contributed by atoms with van der Waals surface area (Å²) in [5, 5.41) is 10.1. The van der Waals surface area contributed by atoms with Gasteiger partial charge in [-0.3, -0.25) is 0 Å². The molecule has 1 rings (SSSR count). The molecule has 1 aromatic rings. The highest BCUT2D eigenvalue weighted by Gasteiger charge is 2.31. The molecule has 0 amide bonds. The van der Waals surface area contributed by atoms with Gasteiger partial charge in [0.25, 0.3) is 0 Å². The summed E-state index contributed by atoms with van der Waals surface area (Å²) < 4.78 is 0.756. The summed E-state index contributed by atoms with van der Waals surface area (Å²) in [6.07, 6.45) is 0. The first-order chi connectivity index (χ1) is 5.46. The third-order valence-corrected chi connectivity index (χ3v) is 4.02. The second-order valence-corrected chi connectivity index (χ2v) is 4.88. The van der Waals surface area contributed by atoms with Gasteiger partial charge in [-0.2, -0.15) is 0 Å². The summed E-state index contributed by atoms with van der Waals surface area (Å²) in [6.45, 7) is 5.80. The van der Waals surface area contributed by atoms with Crippen molar-refractivity contribution in [3.8, 4) is 0 Å². The van der Waals surface area contributed by atoms with Crippen molar-refractivity contribution in [1.29, 1.82) is 0 Å². The Hall–Kier alpha value is 0.0700. The molecule has 4 heteroatoms. The van der Waals surface area contributed by atoms with Crippen LogP contribution in [0.25, 0.3) is 0 Å². The molecule has 0 saturated carbocycles. The van der Waals surface area contributed by atoms with E-state index in [1.54, 1.807) is 5.51 Å². The fourth-order valence-electron chi connectivity index (χ4n) is 0.823. The zero-order valence-electron chi connectivity index (χ0n) is 7.34. The van der Waals surface area contributed by atoms with E-state index in [-0.39, 0.29) is 5.92 Å². The third kappa shape index (κ3) is 1.70. The van der Waals surface area contributed by atoms with E-state index in [4.69, 9.17) is 0 Å². The molecule has 0 fully saturated rings. The van der Waals surface area contributed by atoms with Crippen LogP contribution < -0.4 is 0 Å². The maximum atomic E-state index is 10.1. The number of rotatable bonds is 2. The van der Waals surface area contributed by atoms with E-state index < -0.39 is 5.60 Å². The van der Waals surface area contributed by atoms with E-state index in [0.717, 1.165) is 9.48 Å². The van der Waals surface area contributed by atoms with Crippen molar-refractivity contribution >= 4 is 27.3 Å². The molecule has 1 heterocycles. The molecule has 1 atom stereocenters. The van der Waals surface area contributed by atoms with Gasteiger partial charge >= 0.3 is 0 Å². The van der Waals surface area contributed by atoms with Crippen molar-refractivity contribution in [1.82, 2.24) is 4.98 Å². The van der Waals surface area contributed by atoms with Gasteiger partial charge < -0.3 is 5.11 Å². The quantitative estimate of drug-likeness (QED) is 0.875. The highest BCUT2D eigenvalue weighted by Crippen LogP contribution is 2.36. The summed E-state index contributed by atoms with van der Waals surface area (Å²) >= 11 is 4.79. The van der Waals surface area contributed by atoms with Crippen LogP contribution in [0.5, 0.6) is 0 Å². The monoisotopic (exact) mass is 249 g/mol. The normalized spacial score (nSPS) is 16.5. The Labute approximate surface area is 84.8 Å².